The lowest BCUT2D eigenvalue weighted by atomic mass is 9.75. The van der Waals surface area contributed by atoms with E-state index in [2.05, 4.69) is 35.7 Å². The molecule has 0 fully saturated rings. The van der Waals surface area contributed by atoms with Crippen LogP contribution in [0.5, 0.6) is 0 Å². The zero-order chi connectivity index (χ0) is 13.5. The number of aromatic nitrogens is 2. The maximum atomic E-state index is 10.2. The van der Waals surface area contributed by atoms with E-state index in [1.165, 1.54) is 10.7 Å². The molecule has 0 aliphatic heterocycles. The summed E-state index contributed by atoms with van der Waals surface area (Å²) >= 11 is 1.71. The van der Waals surface area contributed by atoms with Crippen molar-refractivity contribution in [1.82, 2.24) is 9.55 Å². The predicted octanol–water partition coefficient (Wildman–Crippen LogP) is 3.19. The Morgan fingerprint density at radius 1 is 1.53 bits per heavy atom. The van der Waals surface area contributed by atoms with Crippen LogP contribution in [0.3, 0.4) is 0 Å². The van der Waals surface area contributed by atoms with Crippen LogP contribution < -0.4 is 0 Å². The molecule has 0 saturated carbocycles. The van der Waals surface area contributed by atoms with Crippen molar-refractivity contribution in [1.29, 1.82) is 0 Å². The van der Waals surface area contributed by atoms with Gasteiger partial charge in [0, 0.05) is 42.0 Å². The molecule has 2 aromatic rings. The Hall–Kier alpha value is -1.13. The summed E-state index contributed by atoms with van der Waals surface area (Å²) in [6.45, 7) is 5.42. The van der Waals surface area contributed by atoms with Crippen LogP contribution in [-0.2, 0) is 19.4 Å². The molecule has 0 radical (unpaired) electrons. The average Bonchev–Trinajstić information content (AvgIpc) is 2.93. The van der Waals surface area contributed by atoms with Gasteiger partial charge >= 0.3 is 0 Å². The van der Waals surface area contributed by atoms with Gasteiger partial charge < -0.3 is 9.67 Å². The molecule has 1 aliphatic rings. The van der Waals surface area contributed by atoms with E-state index in [4.69, 9.17) is 0 Å². The summed E-state index contributed by atoms with van der Waals surface area (Å²) < 4.78 is 2.29. The highest BCUT2D eigenvalue weighted by molar-refractivity contribution is 7.09. The second-order valence-corrected chi connectivity index (χ2v) is 7.13. The molecule has 0 bridgehead atoms. The van der Waals surface area contributed by atoms with E-state index in [0.717, 1.165) is 31.4 Å². The number of thiazole rings is 1. The normalized spacial score (nSPS) is 21.3. The van der Waals surface area contributed by atoms with E-state index >= 15 is 0 Å². The minimum absolute atomic E-state index is 0.184. The summed E-state index contributed by atoms with van der Waals surface area (Å²) in [6.07, 6.45) is 6.54. The molecule has 1 aliphatic carbocycles. The van der Waals surface area contributed by atoms with Gasteiger partial charge in [0.05, 0.1) is 11.1 Å². The smallest absolute Gasteiger partial charge is 0.0942 e. The van der Waals surface area contributed by atoms with Crippen LogP contribution in [0.1, 0.15) is 42.6 Å². The van der Waals surface area contributed by atoms with Crippen molar-refractivity contribution in [2.45, 2.75) is 45.8 Å². The molecule has 19 heavy (non-hydrogen) atoms. The molecule has 0 amide bonds. The maximum absolute atomic E-state index is 10.2. The summed E-state index contributed by atoms with van der Waals surface area (Å²) in [5, 5.41) is 13.4. The molecular formula is C15H20N2OS. The highest BCUT2D eigenvalue weighted by Gasteiger charge is 2.33. The third-order valence-corrected chi connectivity index (χ3v) is 4.75. The summed E-state index contributed by atoms with van der Waals surface area (Å²) in [7, 11) is 0. The summed E-state index contributed by atoms with van der Waals surface area (Å²) in [5.74, 6) is 0. The summed E-state index contributed by atoms with van der Waals surface area (Å²) in [6, 6.07) is 2.08. The van der Waals surface area contributed by atoms with E-state index in [0.29, 0.717) is 0 Å². The van der Waals surface area contributed by atoms with Crippen molar-refractivity contribution in [3.05, 3.63) is 40.1 Å². The standard InChI is InChI=1S/C15H20N2OS/c1-15(2)9-12-11(13(18)10-15)3-6-17(12)7-4-14-16-5-8-19-14/h3,5-6,8,13,18H,4,7,9-10H2,1-2H3. The van der Waals surface area contributed by atoms with Crippen molar-refractivity contribution in [2.75, 3.05) is 0 Å². The van der Waals surface area contributed by atoms with Gasteiger partial charge in [-0.05, 0) is 24.3 Å². The molecule has 1 atom stereocenters. The summed E-state index contributed by atoms with van der Waals surface area (Å²) in [4.78, 5) is 4.33. The molecular weight excluding hydrogens is 256 g/mol. The van der Waals surface area contributed by atoms with Crippen LogP contribution >= 0.6 is 11.3 Å². The first-order chi connectivity index (χ1) is 9.05. The van der Waals surface area contributed by atoms with Crippen molar-refractivity contribution in [3.8, 4) is 0 Å². The number of aliphatic hydroxyl groups is 1. The maximum Gasteiger partial charge on any atom is 0.0942 e. The van der Waals surface area contributed by atoms with Gasteiger partial charge in [0.25, 0.3) is 0 Å². The Kier molecular flexibility index (Phi) is 3.23. The van der Waals surface area contributed by atoms with Gasteiger partial charge in [-0.2, -0.15) is 0 Å². The van der Waals surface area contributed by atoms with E-state index < -0.39 is 0 Å². The molecule has 3 nitrogen and oxygen atoms in total. The number of aliphatic hydroxyl groups excluding tert-OH is 1. The second-order valence-electron chi connectivity index (χ2n) is 6.15. The van der Waals surface area contributed by atoms with Crippen molar-refractivity contribution >= 4 is 11.3 Å². The van der Waals surface area contributed by atoms with E-state index in [1.807, 2.05) is 11.6 Å². The van der Waals surface area contributed by atoms with Gasteiger partial charge in [0.1, 0.15) is 0 Å². The Labute approximate surface area is 117 Å². The highest BCUT2D eigenvalue weighted by atomic mass is 32.1. The van der Waals surface area contributed by atoms with Crippen LogP contribution in [0.15, 0.2) is 23.8 Å². The third kappa shape index (κ3) is 2.60. The zero-order valence-electron chi connectivity index (χ0n) is 11.5. The molecule has 1 unspecified atom stereocenters. The van der Waals surface area contributed by atoms with Crippen LogP contribution in [0.2, 0.25) is 0 Å². The fourth-order valence-electron chi connectivity index (χ4n) is 2.99. The van der Waals surface area contributed by atoms with Crippen LogP contribution in [-0.4, -0.2) is 14.7 Å². The molecule has 0 aromatic carbocycles. The number of hydrogen-bond donors (Lipinski definition) is 1. The monoisotopic (exact) mass is 276 g/mol. The van der Waals surface area contributed by atoms with Crippen molar-refractivity contribution < 1.29 is 5.11 Å². The minimum atomic E-state index is -0.306. The average molecular weight is 276 g/mol. The number of nitrogens with zero attached hydrogens (tertiary/aromatic N) is 2. The quantitative estimate of drug-likeness (QED) is 0.935. The van der Waals surface area contributed by atoms with Gasteiger partial charge in [-0.1, -0.05) is 13.8 Å². The molecule has 102 valence electrons. The summed E-state index contributed by atoms with van der Waals surface area (Å²) in [5.41, 5.74) is 2.61. The number of hydrogen-bond acceptors (Lipinski definition) is 3. The minimum Gasteiger partial charge on any atom is -0.388 e. The van der Waals surface area contributed by atoms with Crippen LogP contribution in [0.25, 0.3) is 0 Å². The lowest BCUT2D eigenvalue weighted by molar-refractivity contribution is 0.0979. The Morgan fingerprint density at radius 3 is 3.11 bits per heavy atom. The van der Waals surface area contributed by atoms with Gasteiger partial charge in [-0.15, -0.1) is 11.3 Å². The van der Waals surface area contributed by atoms with Gasteiger partial charge in [-0.3, -0.25) is 0 Å². The molecule has 4 heteroatoms. The Morgan fingerprint density at radius 2 is 2.37 bits per heavy atom. The van der Waals surface area contributed by atoms with E-state index in [-0.39, 0.29) is 11.5 Å². The fraction of sp³-hybridized carbons (Fsp3) is 0.533. The molecule has 2 aromatic heterocycles. The third-order valence-electron chi connectivity index (χ3n) is 3.91. The second kappa shape index (κ2) is 4.76. The number of fused-ring (bicyclic) bond motifs is 1. The molecule has 0 saturated heterocycles. The first-order valence-corrected chi connectivity index (χ1v) is 7.67. The van der Waals surface area contributed by atoms with E-state index in [1.54, 1.807) is 11.3 Å². The zero-order valence-corrected chi connectivity index (χ0v) is 12.3. The van der Waals surface area contributed by atoms with Crippen molar-refractivity contribution in [3.63, 3.8) is 0 Å². The topological polar surface area (TPSA) is 38.0 Å². The molecule has 3 rings (SSSR count). The Balaban J connectivity index is 1.80. The number of rotatable bonds is 3. The van der Waals surface area contributed by atoms with Crippen molar-refractivity contribution in [2.24, 2.45) is 5.41 Å². The molecule has 1 N–H and O–H groups in total. The predicted molar refractivity (Wildman–Crippen MR) is 77.3 cm³/mol. The van der Waals surface area contributed by atoms with E-state index in [9.17, 15) is 5.11 Å². The molecule has 0 spiro atoms. The Bertz CT molecular complexity index is 557. The largest absolute Gasteiger partial charge is 0.388 e. The number of aryl methyl sites for hydroxylation is 2. The first kappa shape index (κ1) is 12.9. The molecule has 2 heterocycles. The van der Waals surface area contributed by atoms with Gasteiger partial charge in [-0.25, -0.2) is 4.98 Å². The lowest BCUT2D eigenvalue weighted by Crippen LogP contribution is -2.26. The lowest BCUT2D eigenvalue weighted by Gasteiger charge is -2.34. The fourth-order valence-corrected chi connectivity index (χ4v) is 3.60. The SMILES string of the molecule is CC1(C)Cc2c(ccn2CCc2nccs2)C(O)C1. The van der Waals surface area contributed by atoms with Crippen LogP contribution in [0, 0.1) is 5.41 Å². The van der Waals surface area contributed by atoms with Crippen LogP contribution in [0.4, 0.5) is 0 Å². The highest BCUT2D eigenvalue weighted by Crippen LogP contribution is 2.41. The van der Waals surface area contributed by atoms with Gasteiger partial charge in [0.2, 0.25) is 0 Å². The van der Waals surface area contributed by atoms with Gasteiger partial charge in [0.15, 0.2) is 0 Å². The first-order valence-electron chi connectivity index (χ1n) is 6.79.